The number of methoxy groups -OCH3 is 1. The zero-order valence-electron chi connectivity index (χ0n) is 22.0. The highest BCUT2D eigenvalue weighted by Crippen LogP contribution is 2.30. The van der Waals surface area contributed by atoms with E-state index in [1.165, 1.54) is 17.3 Å². The first-order valence-electron chi connectivity index (χ1n) is 12.2. The summed E-state index contributed by atoms with van der Waals surface area (Å²) in [5.74, 6) is 1.35. The predicted molar refractivity (Wildman–Crippen MR) is 155 cm³/mol. The molecule has 0 bridgehead atoms. The molecule has 8 heteroatoms. The van der Waals surface area contributed by atoms with E-state index in [1.54, 1.807) is 19.4 Å². The molecule has 0 fully saturated rings. The Balaban J connectivity index is 1.50. The molecule has 0 aliphatic rings. The summed E-state index contributed by atoms with van der Waals surface area (Å²) >= 11 is 1.30. The number of hydrazone groups is 1. The Morgan fingerprint density at radius 1 is 1.00 bits per heavy atom. The molecule has 38 heavy (non-hydrogen) atoms. The fraction of sp³-hybridized carbons (Fsp3) is 0.200. The van der Waals surface area contributed by atoms with E-state index in [-0.39, 0.29) is 17.1 Å². The number of carbonyl (C=O) groups excluding carboxylic acids is 1. The molecule has 1 N–H and O–H groups in total. The van der Waals surface area contributed by atoms with Crippen LogP contribution in [0.25, 0.3) is 23.2 Å². The van der Waals surface area contributed by atoms with E-state index < -0.39 is 0 Å². The minimum absolute atomic E-state index is 0.0520. The molecule has 4 rings (SSSR count). The van der Waals surface area contributed by atoms with Crippen LogP contribution in [0.4, 0.5) is 0 Å². The highest BCUT2D eigenvalue weighted by atomic mass is 32.2. The van der Waals surface area contributed by atoms with Crippen molar-refractivity contribution in [2.24, 2.45) is 5.10 Å². The van der Waals surface area contributed by atoms with Gasteiger partial charge in [0.05, 0.1) is 12.9 Å². The molecule has 0 saturated heterocycles. The molecule has 7 nitrogen and oxygen atoms in total. The van der Waals surface area contributed by atoms with E-state index in [4.69, 9.17) is 4.74 Å². The molecule has 1 aromatic heterocycles. The van der Waals surface area contributed by atoms with Gasteiger partial charge in [0.25, 0.3) is 5.91 Å². The van der Waals surface area contributed by atoms with E-state index in [1.807, 2.05) is 65.2 Å². The maximum Gasteiger partial charge on any atom is 0.250 e. The summed E-state index contributed by atoms with van der Waals surface area (Å²) in [6.07, 6.45) is 5.24. The average molecular weight is 526 g/mol. The second-order valence-corrected chi connectivity index (χ2v) is 10.5. The molecule has 1 heterocycles. The Morgan fingerprint density at radius 2 is 1.71 bits per heavy atom. The van der Waals surface area contributed by atoms with Gasteiger partial charge >= 0.3 is 0 Å². The number of allylic oxidation sites excluding steroid dienone is 1. The molecule has 0 unspecified atom stereocenters. The van der Waals surface area contributed by atoms with Crippen molar-refractivity contribution < 1.29 is 9.53 Å². The summed E-state index contributed by atoms with van der Waals surface area (Å²) in [6.45, 7) is 6.56. The number of nitrogens with one attached hydrogen (secondary N) is 1. The number of benzene rings is 3. The summed E-state index contributed by atoms with van der Waals surface area (Å²) in [5.41, 5.74) is 6.72. The van der Waals surface area contributed by atoms with E-state index in [0.717, 1.165) is 22.6 Å². The Morgan fingerprint density at radius 3 is 2.37 bits per heavy atom. The third-order valence-corrected chi connectivity index (χ3v) is 6.67. The van der Waals surface area contributed by atoms with Crippen LogP contribution in [-0.4, -0.2) is 39.7 Å². The van der Waals surface area contributed by atoms with E-state index >= 15 is 0 Å². The highest BCUT2D eigenvalue weighted by molar-refractivity contribution is 7.99. The van der Waals surface area contributed by atoms with Gasteiger partial charge in [0.1, 0.15) is 5.75 Å². The second-order valence-electron chi connectivity index (χ2n) is 9.54. The van der Waals surface area contributed by atoms with Gasteiger partial charge in [-0.25, -0.2) is 5.43 Å². The summed E-state index contributed by atoms with van der Waals surface area (Å²) in [6, 6.07) is 25.9. The standard InChI is InChI=1S/C30H31N5O2S/c1-30(2,3)24-14-12-23(13-15-24)28-33-34-29(35(28)25-16-18-26(37-4)19-17-25)38-21-27(36)32-31-20-8-11-22-9-6-5-7-10-22/h5-20H,21H2,1-4H3,(H,32,36)/b11-8+,31-20+. The molecule has 0 saturated carbocycles. The quantitative estimate of drug-likeness (QED) is 0.161. The number of hydrogen-bond donors (Lipinski definition) is 1. The number of aromatic nitrogens is 3. The van der Waals surface area contributed by atoms with E-state index in [2.05, 4.69) is 65.8 Å². The highest BCUT2D eigenvalue weighted by Gasteiger charge is 2.19. The summed E-state index contributed by atoms with van der Waals surface area (Å²) < 4.78 is 7.27. The van der Waals surface area contributed by atoms with Crippen LogP contribution in [0.3, 0.4) is 0 Å². The Hall–Kier alpha value is -4.17. The van der Waals surface area contributed by atoms with Crippen molar-refractivity contribution in [3.05, 3.63) is 96.1 Å². The van der Waals surface area contributed by atoms with Gasteiger partial charge in [0.15, 0.2) is 11.0 Å². The topological polar surface area (TPSA) is 81.4 Å². The van der Waals surface area contributed by atoms with Crippen molar-refractivity contribution in [1.82, 2.24) is 20.2 Å². The van der Waals surface area contributed by atoms with Crippen molar-refractivity contribution in [1.29, 1.82) is 0 Å². The summed E-state index contributed by atoms with van der Waals surface area (Å²) in [5, 5.41) is 13.5. The molecule has 194 valence electrons. The minimum Gasteiger partial charge on any atom is -0.497 e. The van der Waals surface area contributed by atoms with Gasteiger partial charge in [-0.15, -0.1) is 10.2 Å². The van der Waals surface area contributed by atoms with Crippen molar-refractivity contribution in [3.8, 4) is 22.8 Å². The van der Waals surface area contributed by atoms with Crippen molar-refractivity contribution >= 4 is 30.0 Å². The molecule has 0 aliphatic carbocycles. The smallest absolute Gasteiger partial charge is 0.250 e. The molecule has 0 spiro atoms. The van der Waals surface area contributed by atoms with Crippen molar-refractivity contribution in [2.75, 3.05) is 12.9 Å². The van der Waals surface area contributed by atoms with Gasteiger partial charge in [-0.2, -0.15) is 5.10 Å². The van der Waals surface area contributed by atoms with Crippen LogP contribution in [0, 0.1) is 0 Å². The third kappa shape index (κ3) is 6.98. The SMILES string of the molecule is COc1ccc(-n2c(SCC(=O)N/N=C/C=C/c3ccccc3)nnc2-c2ccc(C(C)(C)C)cc2)cc1. The summed E-state index contributed by atoms with van der Waals surface area (Å²) in [7, 11) is 1.63. The van der Waals surface area contributed by atoms with Crippen molar-refractivity contribution in [3.63, 3.8) is 0 Å². The van der Waals surface area contributed by atoms with Crippen LogP contribution in [0.15, 0.2) is 95.2 Å². The Labute approximate surface area is 227 Å². The molecule has 1 amide bonds. The van der Waals surface area contributed by atoms with Gasteiger partial charge in [-0.3, -0.25) is 9.36 Å². The monoisotopic (exact) mass is 525 g/mol. The average Bonchev–Trinajstić information content (AvgIpc) is 3.36. The maximum atomic E-state index is 12.4. The lowest BCUT2D eigenvalue weighted by Gasteiger charge is -2.19. The summed E-state index contributed by atoms with van der Waals surface area (Å²) in [4.78, 5) is 12.4. The molecular formula is C30H31N5O2S. The fourth-order valence-corrected chi connectivity index (χ4v) is 4.41. The van der Waals surface area contributed by atoms with Gasteiger partial charge < -0.3 is 4.74 Å². The van der Waals surface area contributed by atoms with Crippen LogP contribution < -0.4 is 10.2 Å². The lowest BCUT2D eigenvalue weighted by atomic mass is 9.87. The largest absolute Gasteiger partial charge is 0.497 e. The first kappa shape index (κ1) is 26.9. The third-order valence-electron chi connectivity index (χ3n) is 5.74. The van der Waals surface area contributed by atoms with Crippen LogP contribution in [-0.2, 0) is 10.2 Å². The number of amides is 1. The molecule has 4 aromatic rings. The molecular weight excluding hydrogens is 494 g/mol. The lowest BCUT2D eigenvalue weighted by Crippen LogP contribution is -2.19. The normalized spacial score (nSPS) is 11.8. The predicted octanol–water partition coefficient (Wildman–Crippen LogP) is 6.15. The Bertz CT molecular complexity index is 1400. The van der Waals surface area contributed by atoms with Crippen LogP contribution in [0.1, 0.15) is 31.9 Å². The zero-order valence-corrected chi connectivity index (χ0v) is 22.8. The van der Waals surface area contributed by atoms with E-state index in [9.17, 15) is 4.79 Å². The van der Waals surface area contributed by atoms with Gasteiger partial charge in [0.2, 0.25) is 0 Å². The van der Waals surface area contributed by atoms with Gasteiger partial charge in [-0.05, 0) is 46.9 Å². The fourth-order valence-electron chi connectivity index (χ4n) is 3.67. The first-order chi connectivity index (χ1) is 18.3. The number of thioether (sulfide) groups is 1. The van der Waals surface area contributed by atoms with Crippen LogP contribution >= 0.6 is 11.8 Å². The van der Waals surface area contributed by atoms with Crippen LogP contribution in [0.5, 0.6) is 5.75 Å². The Kier molecular flexibility index (Phi) is 8.76. The number of carbonyl (C=O) groups is 1. The number of nitrogens with zero attached hydrogens (tertiary/aromatic N) is 4. The maximum absolute atomic E-state index is 12.4. The second kappa shape index (κ2) is 12.4. The minimum atomic E-state index is -0.236. The number of rotatable bonds is 9. The van der Waals surface area contributed by atoms with E-state index in [0.29, 0.717) is 11.0 Å². The van der Waals surface area contributed by atoms with Gasteiger partial charge in [0, 0.05) is 17.5 Å². The molecule has 0 radical (unpaired) electrons. The first-order valence-corrected chi connectivity index (χ1v) is 13.2. The lowest BCUT2D eigenvalue weighted by molar-refractivity contribution is -0.118. The molecule has 0 aliphatic heterocycles. The van der Waals surface area contributed by atoms with Crippen molar-refractivity contribution in [2.45, 2.75) is 31.3 Å². The van der Waals surface area contributed by atoms with Crippen LogP contribution in [0.2, 0.25) is 0 Å². The number of ether oxygens (including phenoxy) is 1. The van der Waals surface area contributed by atoms with Gasteiger partial charge in [-0.1, -0.05) is 93.2 Å². The molecule has 3 aromatic carbocycles. The molecule has 0 atom stereocenters. The zero-order chi connectivity index (χ0) is 27.0. The number of hydrogen-bond acceptors (Lipinski definition) is 6.